The highest BCUT2D eigenvalue weighted by molar-refractivity contribution is 7.83. The van der Waals surface area contributed by atoms with Gasteiger partial charge in [0.15, 0.2) is 10.3 Å². The van der Waals surface area contributed by atoms with Gasteiger partial charge in [-0.25, -0.2) is 30.0 Å². The summed E-state index contributed by atoms with van der Waals surface area (Å²) in [4.78, 5) is 21.0. The van der Waals surface area contributed by atoms with Gasteiger partial charge in [0, 0.05) is 6.04 Å². The lowest BCUT2D eigenvalue weighted by Crippen LogP contribution is -2.48. The standard InChI is InChI=1S/C9H16O3.C8H14O3.C7H15NO8S2.C7H14O5S.3H2O/c1-5-4-12-8(9(10)11)7(3)6(5)2;1-5-3-7(8(9)10)11-4-6(5)2;1-5-2-6(3-16-18(12,13)14)15-4-7(5)8-17(9,10)11;1-5-3-7(12-6(5)2)4-11-13(8,9)10;;;/h5-8H,4H2,1-3H3,(H,10,11);5-7H,3-4H2,1-2H3,(H,9,10);5-8H,2-4H2,1H3,(H,9,10,11)(H,12,13,14);5-7H,3-4H2,1-2H3,(H,8,9,10);3*1H2/p-5. The van der Waals surface area contributed by atoms with Crippen LogP contribution in [-0.4, -0.2) is 137 Å². The number of carbonyl (C=O) groups is 2. The summed E-state index contributed by atoms with van der Waals surface area (Å²) >= 11 is 0. The van der Waals surface area contributed by atoms with E-state index in [4.69, 9.17) is 18.9 Å². The molecule has 23 nitrogen and oxygen atoms in total. The second-order valence-corrected chi connectivity index (χ2v) is 17.8. The lowest BCUT2D eigenvalue weighted by Gasteiger charge is -2.38. The van der Waals surface area contributed by atoms with Crippen molar-refractivity contribution < 1.29 is 102 Å². The highest BCUT2D eigenvalue weighted by Crippen LogP contribution is 2.30. The van der Waals surface area contributed by atoms with Crippen LogP contribution in [-0.2, 0) is 68.0 Å². The molecule has 0 aromatic carbocycles. The fraction of sp³-hybridized carbons (Fsp3) is 0.935. The first-order chi connectivity index (χ1) is 24.6. The van der Waals surface area contributed by atoms with Crippen LogP contribution in [0.1, 0.15) is 74.7 Å². The van der Waals surface area contributed by atoms with E-state index in [1.165, 1.54) is 0 Å². The zero-order valence-electron chi connectivity index (χ0n) is 33.1. The van der Waals surface area contributed by atoms with Gasteiger partial charge in [-0.1, -0.05) is 48.5 Å². The quantitative estimate of drug-likeness (QED) is 0.161. The summed E-state index contributed by atoms with van der Waals surface area (Å²) in [5.41, 5.74) is 0. The van der Waals surface area contributed by atoms with Crippen molar-refractivity contribution in [3.8, 4) is 0 Å². The van der Waals surface area contributed by atoms with Gasteiger partial charge < -0.3 is 68.8 Å². The molecule has 344 valence electrons. The second-order valence-electron chi connectivity index (χ2n) is 14.5. The van der Waals surface area contributed by atoms with Gasteiger partial charge in [0.05, 0.1) is 75.5 Å². The molecule has 4 fully saturated rings. The lowest BCUT2D eigenvalue weighted by atomic mass is 9.80. The molecule has 4 rings (SSSR count). The summed E-state index contributed by atoms with van der Waals surface area (Å²) in [6, 6.07) is -0.674. The topological polar surface area (TPSA) is 414 Å². The monoisotopic (exact) mass is 894 g/mol. The van der Waals surface area contributed by atoms with Crippen LogP contribution in [0.25, 0.3) is 0 Å². The molecule has 0 aliphatic carbocycles. The van der Waals surface area contributed by atoms with E-state index < -0.39 is 74.0 Å². The number of carboxylic acid groups (broad SMARTS) is 2. The van der Waals surface area contributed by atoms with Crippen LogP contribution in [0.15, 0.2) is 0 Å². The van der Waals surface area contributed by atoms with Crippen LogP contribution in [0.5, 0.6) is 0 Å². The van der Waals surface area contributed by atoms with Gasteiger partial charge in [0.25, 0.3) is 0 Å². The van der Waals surface area contributed by atoms with Crippen molar-refractivity contribution in [2.24, 2.45) is 41.4 Å². The molecule has 0 radical (unpaired) electrons. The second kappa shape index (κ2) is 26.5. The predicted molar refractivity (Wildman–Crippen MR) is 190 cm³/mol. The number of aliphatic carboxylic acids is 2. The average molecular weight is 895 g/mol. The van der Waals surface area contributed by atoms with E-state index in [0.29, 0.717) is 49.2 Å². The maximum atomic E-state index is 10.6. The van der Waals surface area contributed by atoms with Crippen molar-refractivity contribution in [2.75, 3.05) is 33.0 Å². The fourth-order valence-electron chi connectivity index (χ4n) is 5.90. The van der Waals surface area contributed by atoms with Crippen LogP contribution in [0.4, 0.5) is 0 Å². The van der Waals surface area contributed by atoms with Crippen LogP contribution in [0.2, 0.25) is 0 Å². The Balaban J connectivity index is -0.000000682. The van der Waals surface area contributed by atoms with Crippen molar-refractivity contribution in [1.82, 2.24) is 4.72 Å². The van der Waals surface area contributed by atoms with Crippen molar-refractivity contribution in [1.29, 1.82) is 0 Å². The Hall–Kier alpha value is -1.73. The van der Waals surface area contributed by atoms with Gasteiger partial charge in [-0.15, -0.1) is 0 Å². The highest BCUT2D eigenvalue weighted by atomic mass is 32.3. The van der Waals surface area contributed by atoms with Gasteiger partial charge in [0.1, 0.15) is 0 Å². The molecule has 0 spiro atoms. The third-order valence-corrected chi connectivity index (χ3v) is 11.6. The number of ether oxygens (including phenoxy) is 4. The largest absolute Gasteiger partial charge is 0.735 e. The first-order valence-corrected chi connectivity index (χ1v) is 21.5. The minimum absolute atomic E-state index is 0. The Morgan fingerprint density at radius 2 is 1.09 bits per heavy atom. The fourth-order valence-corrected chi connectivity index (χ4v) is 7.21. The van der Waals surface area contributed by atoms with Crippen LogP contribution in [0.3, 0.4) is 0 Å². The van der Waals surface area contributed by atoms with E-state index in [1.54, 1.807) is 6.92 Å². The first kappa shape index (κ1) is 59.6. The molecule has 4 aliphatic rings. The van der Waals surface area contributed by atoms with Crippen LogP contribution in [0, 0.1) is 41.4 Å². The summed E-state index contributed by atoms with van der Waals surface area (Å²) in [7, 11) is -13.9. The first-order valence-electron chi connectivity index (χ1n) is 17.5. The Morgan fingerprint density at radius 3 is 1.49 bits per heavy atom. The molecule has 0 bridgehead atoms. The summed E-state index contributed by atoms with van der Waals surface area (Å²) in [5.74, 6) is -0.258. The number of hydrogen-bond donors (Lipinski definition) is 1. The number of rotatable bonds is 10. The number of carboxylic acids is 2. The molecule has 57 heavy (non-hydrogen) atoms. The molecule has 0 amide bonds. The molecule has 13 unspecified atom stereocenters. The molecule has 7 N–H and O–H groups in total. The molecule has 0 saturated carbocycles. The maximum absolute atomic E-state index is 10.6. The zero-order valence-corrected chi connectivity index (χ0v) is 35.6. The molecule has 26 heteroatoms. The third-order valence-electron chi connectivity index (χ3n) is 10.1. The Bertz CT molecular complexity index is 1490. The minimum atomic E-state index is -4.77. The molecular formula is C31H60NO22S3-5. The van der Waals surface area contributed by atoms with Gasteiger partial charge in [-0.3, -0.25) is 8.37 Å². The average Bonchev–Trinajstić information content (AvgIpc) is 3.36. The zero-order chi connectivity index (χ0) is 41.8. The molecule has 0 aromatic rings. The molecule has 4 aliphatic heterocycles. The summed E-state index contributed by atoms with van der Waals surface area (Å²) < 4.78 is 123. The van der Waals surface area contributed by atoms with Gasteiger partial charge in [0.2, 0.25) is 20.8 Å². The minimum Gasteiger partial charge on any atom is -0.735 e. The van der Waals surface area contributed by atoms with Gasteiger partial charge in [-0.05, 0) is 67.6 Å². The Morgan fingerprint density at radius 1 is 0.596 bits per heavy atom. The smallest absolute Gasteiger partial charge is 0.217 e. The maximum Gasteiger partial charge on any atom is 0.217 e. The van der Waals surface area contributed by atoms with Gasteiger partial charge >= 0.3 is 0 Å². The molecule has 0 aromatic heterocycles. The van der Waals surface area contributed by atoms with Gasteiger partial charge in [-0.2, -0.15) is 0 Å². The summed E-state index contributed by atoms with van der Waals surface area (Å²) in [6.07, 6.45) is -0.603. The lowest BCUT2D eigenvalue weighted by molar-refractivity contribution is -0.323. The highest BCUT2D eigenvalue weighted by Gasteiger charge is 2.33. The molecule has 4 saturated heterocycles. The SMILES string of the molecule is CC1CC(COS(=O)(=O)[O-])OC1C.CC1CC(COS(=O)(=O)[O-])OCC1NS(=O)(=O)[O-].CC1COC(C(=O)[O-])C(C)C1C.CC1COC(C(=O)[O-])CC1C.O.O.O. The number of nitrogens with one attached hydrogen (secondary N) is 1. The van der Waals surface area contributed by atoms with Crippen LogP contribution < -0.4 is 14.9 Å². The normalized spacial score (nSPS) is 34.0. The van der Waals surface area contributed by atoms with Crippen molar-refractivity contribution in [3.63, 3.8) is 0 Å². The van der Waals surface area contributed by atoms with E-state index in [-0.39, 0.29) is 60.1 Å². The van der Waals surface area contributed by atoms with Crippen LogP contribution >= 0.6 is 0 Å². The Labute approximate surface area is 335 Å². The third kappa shape index (κ3) is 24.2. The van der Waals surface area contributed by atoms with Crippen molar-refractivity contribution in [2.45, 2.75) is 111 Å². The number of hydrogen-bond acceptors (Lipinski definition) is 19. The summed E-state index contributed by atoms with van der Waals surface area (Å²) in [5, 5.41) is 21.0. The van der Waals surface area contributed by atoms with E-state index in [2.05, 4.69) is 29.1 Å². The molecular weight excluding hydrogens is 835 g/mol. The van der Waals surface area contributed by atoms with E-state index >= 15 is 0 Å². The molecule has 13 atom stereocenters. The predicted octanol–water partition coefficient (Wildman–Crippen LogP) is -4.05. The molecule has 4 heterocycles. The Kier molecular flexibility index (Phi) is 27.7. The van der Waals surface area contributed by atoms with E-state index in [0.717, 1.165) is 6.42 Å². The van der Waals surface area contributed by atoms with Crippen molar-refractivity contribution in [3.05, 3.63) is 0 Å². The number of carbonyl (C=O) groups excluding carboxylic acids is 2. The van der Waals surface area contributed by atoms with E-state index in [9.17, 15) is 58.7 Å². The summed E-state index contributed by atoms with van der Waals surface area (Å²) in [6.45, 7) is 16.1. The van der Waals surface area contributed by atoms with Crippen molar-refractivity contribution >= 4 is 43.0 Å². The van der Waals surface area contributed by atoms with E-state index in [1.807, 2.05) is 32.4 Å².